The molecule has 2 aromatic heterocycles. The molecule has 2 heterocycles. The Morgan fingerprint density at radius 2 is 0.770 bits per heavy atom. The third-order valence-corrected chi connectivity index (χ3v) is 27.1. The van der Waals surface area contributed by atoms with E-state index >= 15 is 0 Å². The van der Waals surface area contributed by atoms with Gasteiger partial charge in [-0.1, -0.05) is 139 Å². The Morgan fingerprint density at radius 1 is 0.422 bits per heavy atom. The van der Waals surface area contributed by atoms with Gasteiger partial charge in [0.15, 0.2) is 11.6 Å². The van der Waals surface area contributed by atoms with Crippen LogP contribution in [0.1, 0.15) is 360 Å². The molecule has 0 unspecified atom stereocenters. The Kier molecular flexibility index (Phi) is 35.4. The van der Waals surface area contributed by atoms with Gasteiger partial charge in [0, 0.05) is 108 Å². The van der Waals surface area contributed by atoms with Gasteiger partial charge in [0.05, 0.1) is 23.2 Å². The maximum Gasteiger partial charge on any atom is 0.410 e. The summed E-state index contributed by atoms with van der Waals surface area (Å²) in [6.45, 7) is 29.6. The second kappa shape index (κ2) is 45.4. The molecule has 11 saturated carbocycles. The summed E-state index contributed by atoms with van der Waals surface area (Å²) in [6.07, 6.45) is 24.0. The van der Waals surface area contributed by atoms with Crippen LogP contribution in [0.4, 0.5) is 24.0 Å². The van der Waals surface area contributed by atoms with Gasteiger partial charge >= 0.3 is 48.4 Å². The standard InChI is InChI=1S/C31H44N4O5.C21H28N4O.C19H27N3O3.2C12H21NO4.C7H13NO2/c1-29(2,3)38-27(36)32-22-14-10-13-21(17-22)25-33-26(34-40-25)31(15-16-31)19-35(28(37)39-30(4,5)6)24-18-23(24)20-11-8-7-9-12-20;22-16-8-4-7-15(11-16)19-24-20(25-26-19)21(9-10-21)13-23-18-12-17(18)14-5-2-1-3-6-14;1-18(2,3)25-17(23)22(12-19(9-10-19)16(20)21-24)15-11-14(15)13-7-5-4-6-8-13;2*1-12(2,3)17-11(16)13-9-6-4-5-8(7-9)10(14)15;8-6-3-1-2-5(4-6)7(9)10/h7-9,11-12,21-24H,10,13-19H2,1-6H3,(H,32,36);1-3,5-6,15-18,23H,4,7-13,22H2;4-8,14-15,24H,9-12H2,1-3H3,(H2,20,21);2*8-9H,4-7H2,1-3H3,(H,13,16)(H,14,15);5-6H,1-4,8H2,(H,9,10)/t21-,22+,23+,24-;15-,16+,17+,18-;14-,15+;2*8-,9+;5-,6+/m110111/s1. The van der Waals surface area contributed by atoms with E-state index in [4.69, 9.17) is 80.4 Å². The fraction of sp³-hybridized carbons (Fsp3) is 0.696. The first-order chi connectivity index (χ1) is 63.6. The minimum Gasteiger partial charge on any atom is -0.481 e. The summed E-state index contributed by atoms with van der Waals surface area (Å²) in [7, 11) is 0. The van der Waals surface area contributed by atoms with Crippen LogP contribution in [0.25, 0.3) is 0 Å². The lowest BCUT2D eigenvalue weighted by Crippen LogP contribution is -2.45. The Morgan fingerprint density at radius 3 is 1.13 bits per heavy atom. The Balaban J connectivity index is 0.000000163. The number of aliphatic carboxylic acids is 3. The van der Waals surface area contributed by atoms with Gasteiger partial charge in [-0.05, 0) is 275 Å². The highest BCUT2D eigenvalue weighted by Crippen LogP contribution is 2.55. The molecule has 0 radical (unpaired) electrons. The molecule has 135 heavy (non-hydrogen) atoms. The molecule has 11 aliphatic rings. The Hall–Kier alpha value is -10.2. The number of benzene rings is 3. The van der Waals surface area contributed by atoms with Crippen LogP contribution in [0.3, 0.4) is 0 Å². The number of carbonyl (C=O) groups excluding carboxylic acids is 5. The number of alkyl carbamates (subject to hydrolysis) is 3. The van der Waals surface area contributed by atoms with E-state index in [-0.39, 0.29) is 94.8 Å². The van der Waals surface area contributed by atoms with Crippen LogP contribution in [-0.2, 0) is 48.9 Å². The highest BCUT2D eigenvalue weighted by Gasteiger charge is 2.58. The van der Waals surface area contributed by atoms with E-state index in [9.17, 15) is 38.4 Å². The van der Waals surface area contributed by atoms with Crippen molar-refractivity contribution in [3.63, 3.8) is 0 Å². The van der Waals surface area contributed by atoms with Gasteiger partial charge in [0.25, 0.3) is 0 Å². The lowest BCUT2D eigenvalue weighted by molar-refractivity contribution is -0.144. The minimum absolute atomic E-state index is 0.00582. The highest BCUT2D eigenvalue weighted by molar-refractivity contribution is 5.89. The average Bonchev–Trinajstić information content (AvgIpc) is 1.51. The van der Waals surface area contributed by atoms with Gasteiger partial charge in [-0.3, -0.25) is 14.4 Å². The molecule has 16 rings (SSSR count). The van der Waals surface area contributed by atoms with Crippen LogP contribution in [0.2, 0.25) is 0 Å². The zero-order valence-corrected chi connectivity index (χ0v) is 82.3. The maximum atomic E-state index is 13.4. The number of nitrogens with one attached hydrogen (secondary N) is 4. The molecule has 5 aromatic rings. The maximum absolute atomic E-state index is 13.4. The number of nitrogens with two attached hydrogens (primary N) is 3. The molecule has 33 heteroatoms. The number of amides is 5. The topological polar surface area (TPSA) is 486 Å². The number of hydrogen-bond acceptors (Lipinski definition) is 24. The smallest absolute Gasteiger partial charge is 0.410 e. The monoisotopic (exact) mass is 1880 g/mol. The molecule has 33 nitrogen and oxygen atoms in total. The molecule has 0 bridgehead atoms. The van der Waals surface area contributed by atoms with Crippen molar-refractivity contribution >= 4 is 54.2 Å². The van der Waals surface area contributed by atoms with E-state index in [1.807, 2.05) is 104 Å². The van der Waals surface area contributed by atoms with E-state index in [1.165, 1.54) is 29.5 Å². The molecule has 3 aromatic carbocycles. The molecule has 11 aliphatic carbocycles. The molecule has 0 aliphatic heterocycles. The fourth-order valence-electron chi connectivity index (χ4n) is 19.1. The van der Waals surface area contributed by atoms with Crippen molar-refractivity contribution in [2.75, 3.05) is 19.6 Å². The van der Waals surface area contributed by atoms with Crippen molar-refractivity contribution in [2.45, 2.75) is 407 Å². The van der Waals surface area contributed by atoms with E-state index in [2.05, 4.69) is 91.3 Å². The second-order valence-electron chi connectivity index (χ2n) is 44.7. The number of hydrogen-bond donors (Lipinski definition) is 11. The molecule has 14 N–H and O–H groups in total. The van der Waals surface area contributed by atoms with Gasteiger partial charge in [-0.25, -0.2) is 24.0 Å². The summed E-state index contributed by atoms with van der Waals surface area (Å²) in [5, 5.41) is 59.7. The number of rotatable bonds is 23. The number of carboxylic acid groups (broad SMARTS) is 3. The van der Waals surface area contributed by atoms with E-state index < -0.39 is 69.6 Å². The fourth-order valence-corrected chi connectivity index (χ4v) is 19.1. The summed E-state index contributed by atoms with van der Waals surface area (Å²) in [6, 6.07) is 32.4. The van der Waals surface area contributed by atoms with E-state index in [0.29, 0.717) is 86.6 Å². The molecular formula is C102H154N14O19. The summed E-state index contributed by atoms with van der Waals surface area (Å²) >= 11 is 0. The van der Waals surface area contributed by atoms with Crippen LogP contribution >= 0.6 is 0 Å². The van der Waals surface area contributed by atoms with E-state index in [0.717, 1.165) is 160 Å². The van der Waals surface area contributed by atoms with Gasteiger partial charge in [0.1, 0.15) is 33.8 Å². The third kappa shape index (κ3) is 33.1. The zero-order valence-electron chi connectivity index (χ0n) is 82.3. The lowest BCUT2D eigenvalue weighted by atomic mass is 9.85. The van der Waals surface area contributed by atoms with Gasteiger partial charge in [-0.15, -0.1) is 0 Å². The zero-order chi connectivity index (χ0) is 98.2. The summed E-state index contributed by atoms with van der Waals surface area (Å²) in [5.74, 6) is 1.85. The lowest BCUT2D eigenvalue weighted by Gasteiger charge is -2.30. The number of amidine groups is 1. The summed E-state index contributed by atoms with van der Waals surface area (Å²) in [5.41, 5.74) is 18.2. The SMILES string of the molecule is CC(C)(C)OC(=O)N(CC1(C(N)=NO)CC1)[C@@H]1C[C@H]1c1ccccc1.CC(C)(C)OC(=O)N[C@H]1CCC[C@@H](C(=O)O)C1.CC(C)(C)OC(=O)N[C@H]1CCC[C@@H](C(=O)O)C1.CC(C)(C)OC(=O)N[C@H]1CCC[C@@H](c2nc(C3(CN(C(=O)OC(C)(C)C)[C@@H]4C[C@H]4c4ccccc4)CC3)no2)C1.N[C@H]1CCC[C@@H](C(=O)O)C1.N[C@H]1CCC[C@@H](c2nc(C3(CN[C@@H]4C[C@H]4c4ccccc4)CC3)no2)C1. The molecule has 746 valence electrons. The van der Waals surface area contributed by atoms with Crippen LogP contribution in [0, 0.1) is 23.2 Å². The van der Waals surface area contributed by atoms with Crippen molar-refractivity contribution in [1.82, 2.24) is 51.3 Å². The molecule has 0 saturated heterocycles. The Bertz CT molecular complexity index is 4680. The first kappa shape index (κ1) is 105. The summed E-state index contributed by atoms with van der Waals surface area (Å²) < 4.78 is 38.6. The van der Waals surface area contributed by atoms with Crippen molar-refractivity contribution in [2.24, 2.45) is 45.5 Å². The first-order valence-electron chi connectivity index (χ1n) is 49.3. The van der Waals surface area contributed by atoms with Crippen LogP contribution in [0.5, 0.6) is 0 Å². The number of aromatic nitrogens is 4. The number of carbonyl (C=O) groups is 8. The van der Waals surface area contributed by atoms with Crippen LogP contribution in [-0.4, -0.2) is 201 Å². The van der Waals surface area contributed by atoms with Crippen molar-refractivity contribution in [3.8, 4) is 0 Å². The van der Waals surface area contributed by atoms with Gasteiger partial charge < -0.3 is 102 Å². The van der Waals surface area contributed by atoms with Crippen LogP contribution in [0.15, 0.2) is 105 Å². The first-order valence-corrected chi connectivity index (χ1v) is 49.3. The number of ether oxygens (including phenoxy) is 5. The predicted octanol–water partition coefficient (Wildman–Crippen LogP) is 17.9. The summed E-state index contributed by atoms with van der Waals surface area (Å²) in [4.78, 5) is 107. The molecule has 16 atom stereocenters. The second-order valence-corrected chi connectivity index (χ2v) is 44.7. The number of carboxylic acids is 3. The Labute approximate surface area is 796 Å². The van der Waals surface area contributed by atoms with Gasteiger partial charge in [-0.2, -0.15) is 9.97 Å². The molecule has 5 amide bonds. The molecule has 0 spiro atoms. The minimum atomic E-state index is -0.777. The highest BCUT2D eigenvalue weighted by atomic mass is 16.6. The van der Waals surface area contributed by atoms with Crippen molar-refractivity contribution in [1.29, 1.82) is 0 Å². The predicted molar refractivity (Wildman–Crippen MR) is 509 cm³/mol. The van der Waals surface area contributed by atoms with E-state index in [1.54, 1.807) is 46.4 Å². The van der Waals surface area contributed by atoms with Crippen molar-refractivity contribution in [3.05, 3.63) is 131 Å². The van der Waals surface area contributed by atoms with Crippen molar-refractivity contribution < 1.29 is 91.6 Å². The number of oxime groups is 1. The molecular weight excluding hydrogens is 1730 g/mol. The average molecular weight is 1880 g/mol. The third-order valence-electron chi connectivity index (χ3n) is 27.1. The quantitative estimate of drug-likeness (QED) is 0.00951. The normalized spacial score (nSPS) is 27.2. The van der Waals surface area contributed by atoms with Crippen LogP contribution < -0.4 is 38.5 Å². The molecule has 11 fully saturated rings. The van der Waals surface area contributed by atoms with Gasteiger partial charge in [0.2, 0.25) is 11.8 Å². The number of nitrogens with zero attached hydrogens (tertiary/aromatic N) is 7. The largest absolute Gasteiger partial charge is 0.481 e.